The van der Waals surface area contributed by atoms with E-state index in [1.165, 1.54) is 12.5 Å². The quantitative estimate of drug-likeness (QED) is 0.437. The highest BCUT2D eigenvalue weighted by atomic mass is 16.1. The van der Waals surface area contributed by atoms with Crippen molar-refractivity contribution >= 4 is 28.2 Å². The van der Waals surface area contributed by atoms with Crippen LogP contribution < -0.4 is 9.80 Å². The number of ketones is 1. The lowest BCUT2D eigenvalue weighted by atomic mass is 10.0. The minimum atomic E-state index is -0.0759. The van der Waals surface area contributed by atoms with E-state index in [1.54, 1.807) is 12.4 Å². The lowest BCUT2D eigenvalue weighted by molar-refractivity contribution is 0.101. The predicted molar refractivity (Wildman–Crippen MR) is 130 cm³/mol. The minimum absolute atomic E-state index is 0.0759. The van der Waals surface area contributed by atoms with Gasteiger partial charge in [-0.3, -0.25) is 4.79 Å². The standard InChI is InChI=1S/C26H26N6O/c1-18-17-31(12-13-32(18)25-16-27-24(15-28-25)19(2)33)26-22-11-7-6-10-21(22)23(29-30-26)14-20-8-4-3-5-9-20/h3-11,15-16,18H,12-14,17H2,1-2H3/t18-/m1/s1. The molecule has 1 saturated heterocycles. The van der Waals surface area contributed by atoms with Crippen LogP contribution in [0.25, 0.3) is 10.8 Å². The van der Waals surface area contributed by atoms with Crippen molar-refractivity contribution in [2.24, 2.45) is 0 Å². The summed E-state index contributed by atoms with van der Waals surface area (Å²) in [5.41, 5.74) is 2.61. The molecule has 1 aliphatic heterocycles. The molecule has 0 aliphatic carbocycles. The molecule has 0 bridgehead atoms. The van der Waals surface area contributed by atoms with Crippen LogP contribution in [0.15, 0.2) is 67.0 Å². The van der Waals surface area contributed by atoms with Crippen molar-refractivity contribution in [1.29, 1.82) is 0 Å². The average molecular weight is 439 g/mol. The van der Waals surface area contributed by atoms with Crippen LogP contribution in [-0.2, 0) is 6.42 Å². The lowest BCUT2D eigenvalue weighted by Crippen LogP contribution is -2.52. The maximum absolute atomic E-state index is 11.5. The second kappa shape index (κ2) is 8.94. The number of aromatic nitrogens is 4. The number of rotatable bonds is 5. The van der Waals surface area contributed by atoms with Gasteiger partial charge in [-0.05, 0) is 12.5 Å². The Labute approximate surface area is 193 Å². The van der Waals surface area contributed by atoms with Gasteiger partial charge in [-0.15, -0.1) is 5.10 Å². The Morgan fingerprint density at radius 1 is 0.939 bits per heavy atom. The Bertz CT molecular complexity index is 1280. The highest BCUT2D eigenvalue weighted by Crippen LogP contribution is 2.29. The molecular formula is C26H26N6O. The molecule has 3 heterocycles. The van der Waals surface area contributed by atoms with E-state index in [9.17, 15) is 4.79 Å². The number of piperazine rings is 1. The first kappa shape index (κ1) is 21.0. The third kappa shape index (κ3) is 4.26. The summed E-state index contributed by atoms with van der Waals surface area (Å²) in [7, 11) is 0. The SMILES string of the molecule is CC(=O)c1cnc(N2CCN(c3nnc(Cc4ccccc4)c4ccccc34)C[C@H]2C)cn1. The highest BCUT2D eigenvalue weighted by Gasteiger charge is 2.27. The van der Waals surface area contributed by atoms with E-state index < -0.39 is 0 Å². The summed E-state index contributed by atoms with van der Waals surface area (Å²) in [6, 6.07) is 19.0. The second-order valence-electron chi connectivity index (χ2n) is 8.48. The van der Waals surface area contributed by atoms with Crippen LogP contribution in [0.4, 0.5) is 11.6 Å². The molecule has 0 N–H and O–H groups in total. The normalized spacial score (nSPS) is 16.2. The molecule has 166 valence electrons. The van der Waals surface area contributed by atoms with Crippen molar-refractivity contribution in [3.8, 4) is 0 Å². The molecule has 7 heteroatoms. The summed E-state index contributed by atoms with van der Waals surface area (Å²) in [6.07, 6.45) is 4.01. The number of anilines is 2. The first-order valence-corrected chi connectivity index (χ1v) is 11.2. The molecule has 5 rings (SSSR count). The van der Waals surface area contributed by atoms with Crippen LogP contribution in [0.5, 0.6) is 0 Å². The molecule has 0 unspecified atom stereocenters. The van der Waals surface area contributed by atoms with E-state index in [-0.39, 0.29) is 11.8 Å². The number of fused-ring (bicyclic) bond motifs is 1. The van der Waals surface area contributed by atoms with Crippen LogP contribution in [0, 0.1) is 0 Å². The van der Waals surface area contributed by atoms with Gasteiger partial charge in [-0.25, -0.2) is 9.97 Å². The maximum atomic E-state index is 11.5. The number of carbonyl (C=O) groups excluding carboxylic acids is 1. The summed E-state index contributed by atoms with van der Waals surface area (Å²) in [6.45, 7) is 6.06. The second-order valence-corrected chi connectivity index (χ2v) is 8.48. The largest absolute Gasteiger partial charge is 0.351 e. The zero-order chi connectivity index (χ0) is 22.8. The van der Waals surface area contributed by atoms with E-state index in [2.05, 4.69) is 85.4 Å². The van der Waals surface area contributed by atoms with Gasteiger partial charge < -0.3 is 9.80 Å². The van der Waals surface area contributed by atoms with Crippen molar-refractivity contribution < 1.29 is 4.79 Å². The van der Waals surface area contributed by atoms with Crippen LogP contribution in [0.3, 0.4) is 0 Å². The fourth-order valence-corrected chi connectivity index (χ4v) is 4.44. The summed E-state index contributed by atoms with van der Waals surface area (Å²) in [4.78, 5) is 24.8. The molecular weight excluding hydrogens is 412 g/mol. The average Bonchev–Trinajstić information content (AvgIpc) is 2.85. The van der Waals surface area contributed by atoms with Gasteiger partial charge in [0.25, 0.3) is 0 Å². The van der Waals surface area contributed by atoms with Gasteiger partial charge in [-0.1, -0.05) is 54.6 Å². The molecule has 0 spiro atoms. The zero-order valence-electron chi connectivity index (χ0n) is 18.8. The first-order chi connectivity index (χ1) is 16.1. The molecule has 0 radical (unpaired) electrons. The maximum Gasteiger partial charge on any atom is 0.179 e. The van der Waals surface area contributed by atoms with Gasteiger partial charge >= 0.3 is 0 Å². The number of carbonyl (C=O) groups is 1. The fourth-order valence-electron chi connectivity index (χ4n) is 4.44. The Morgan fingerprint density at radius 2 is 1.70 bits per heavy atom. The summed E-state index contributed by atoms with van der Waals surface area (Å²) >= 11 is 0. The molecule has 0 amide bonds. The number of hydrogen-bond donors (Lipinski definition) is 0. The number of benzene rings is 2. The van der Waals surface area contributed by atoms with Crippen LogP contribution in [0.2, 0.25) is 0 Å². The molecule has 2 aromatic heterocycles. The summed E-state index contributed by atoms with van der Waals surface area (Å²) in [5, 5.41) is 11.6. The van der Waals surface area contributed by atoms with E-state index in [1.807, 2.05) is 6.07 Å². The van der Waals surface area contributed by atoms with Gasteiger partial charge in [0.1, 0.15) is 11.5 Å². The molecule has 33 heavy (non-hydrogen) atoms. The molecule has 2 aromatic carbocycles. The van der Waals surface area contributed by atoms with Crippen molar-refractivity contribution in [2.45, 2.75) is 26.3 Å². The van der Waals surface area contributed by atoms with Crippen LogP contribution in [0.1, 0.15) is 35.6 Å². The molecule has 7 nitrogen and oxygen atoms in total. The lowest BCUT2D eigenvalue weighted by Gasteiger charge is -2.41. The fraction of sp³-hybridized carbons (Fsp3) is 0.269. The van der Waals surface area contributed by atoms with Crippen molar-refractivity contribution in [3.05, 3.63) is 83.9 Å². The van der Waals surface area contributed by atoms with Crippen molar-refractivity contribution in [1.82, 2.24) is 20.2 Å². The Balaban J connectivity index is 1.39. The number of hydrogen-bond acceptors (Lipinski definition) is 7. The Hall–Kier alpha value is -3.87. The summed E-state index contributed by atoms with van der Waals surface area (Å²) < 4.78 is 0. The number of Topliss-reactive ketones (excluding diaryl/α,β-unsaturated/α-hetero) is 1. The third-order valence-electron chi connectivity index (χ3n) is 6.18. The topological polar surface area (TPSA) is 75.1 Å². The zero-order valence-corrected chi connectivity index (χ0v) is 18.8. The smallest absolute Gasteiger partial charge is 0.179 e. The van der Waals surface area contributed by atoms with E-state index in [0.717, 1.165) is 54.2 Å². The van der Waals surface area contributed by atoms with Gasteiger partial charge in [0, 0.05) is 49.8 Å². The first-order valence-electron chi connectivity index (χ1n) is 11.2. The van der Waals surface area contributed by atoms with E-state index >= 15 is 0 Å². The van der Waals surface area contributed by atoms with E-state index in [4.69, 9.17) is 0 Å². The molecule has 1 fully saturated rings. The number of nitrogens with zero attached hydrogens (tertiary/aromatic N) is 6. The highest BCUT2D eigenvalue weighted by molar-refractivity contribution is 5.94. The monoisotopic (exact) mass is 438 g/mol. The molecule has 4 aromatic rings. The molecule has 1 aliphatic rings. The predicted octanol–water partition coefficient (Wildman–Crippen LogP) is 3.93. The van der Waals surface area contributed by atoms with E-state index in [0.29, 0.717) is 5.69 Å². The Kier molecular flexibility index (Phi) is 5.69. The van der Waals surface area contributed by atoms with Crippen LogP contribution >= 0.6 is 0 Å². The van der Waals surface area contributed by atoms with Gasteiger partial charge in [-0.2, -0.15) is 5.10 Å². The Morgan fingerprint density at radius 3 is 2.39 bits per heavy atom. The van der Waals surface area contributed by atoms with Crippen molar-refractivity contribution in [3.63, 3.8) is 0 Å². The van der Waals surface area contributed by atoms with Crippen LogP contribution in [-0.4, -0.2) is 51.6 Å². The molecule has 1 atom stereocenters. The summed E-state index contributed by atoms with van der Waals surface area (Å²) in [5.74, 6) is 1.64. The van der Waals surface area contributed by atoms with Gasteiger partial charge in [0.2, 0.25) is 0 Å². The minimum Gasteiger partial charge on any atom is -0.351 e. The van der Waals surface area contributed by atoms with Crippen molar-refractivity contribution in [2.75, 3.05) is 29.4 Å². The third-order valence-corrected chi connectivity index (χ3v) is 6.18. The van der Waals surface area contributed by atoms with Gasteiger partial charge in [0.05, 0.1) is 18.1 Å². The van der Waals surface area contributed by atoms with Gasteiger partial charge in [0.15, 0.2) is 11.6 Å². The molecule has 0 saturated carbocycles.